The van der Waals surface area contributed by atoms with Crippen LogP contribution >= 0.6 is 22.9 Å². The molecule has 1 heterocycles. The molecule has 0 amide bonds. The quantitative estimate of drug-likeness (QED) is 0.631. The molecular formula is C19H18ClNOS. The molecule has 0 aliphatic heterocycles. The summed E-state index contributed by atoms with van der Waals surface area (Å²) in [6.45, 7) is 2.31. The molecule has 0 unspecified atom stereocenters. The van der Waals surface area contributed by atoms with Crippen molar-refractivity contribution in [2.24, 2.45) is 0 Å². The molecule has 3 aromatic rings. The van der Waals surface area contributed by atoms with Crippen molar-refractivity contribution in [3.8, 4) is 5.75 Å². The van der Waals surface area contributed by atoms with Gasteiger partial charge in [0, 0.05) is 23.0 Å². The molecule has 0 spiro atoms. The van der Waals surface area contributed by atoms with Crippen LogP contribution in [-0.2, 0) is 19.7 Å². The van der Waals surface area contributed by atoms with Crippen LogP contribution in [-0.4, -0.2) is 0 Å². The minimum atomic E-state index is 0.549. The van der Waals surface area contributed by atoms with E-state index in [0.29, 0.717) is 6.61 Å². The summed E-state index contributed by atoms with van der Waals surface area (Å²) in [5, 5.41) is 6.29. The van der Waals surface area contributed by atoms with E-state index in [-0.39, 0.29) is 0 Å². The van der Waals surface area contributed by atoms with Gasteiger partial charge in [-0.1, -0.05) is 41.9 Å². The number of hydrogen-bond acceptors (Lipinski definition) is 3. The molecule has 2 aromatic carbocycles. The Morgan fingerprint density at radius 2 is 1.61 bits per heavy atom. The summed E-state index contributed by atoms with van der Waals surface area (Å²) in [4.78, 5) is 1.35. The predicted molar refractivity (Wildman–Crippen MR) is 97.1 cm³/mol. The van der Waals surface area contributed by atoms with Crippen LogP contribution in [0, 0.1) is 0 Å². The Kier molecular flexibility index (Phi) is 5.70. The zero-order valence-electron chi connectivity index (χ0n) is 12.7. The molecule has 0 bridgehead atoms. The highest BCUT2D eigenvalue weighted by Gasteiger charge is 1.99. The third kappa shape index (κ3) is 5.10. The van der Waals surface area contributed by atoms with Gasteiger partial charge < -0.3 is 10.1 Å². The summed E-state index contributed by atoms with van der Waals surface area (Å²) in [5.41, 5.74) is 2.36. The third-order valence-electron chi connectivity index (χ3n) is 3.45. The first-order valence-corrected chi connectivity index (χ1v) is 8.75. The summed E-state index contributed by atoms with van der Waals surface area (Å²) in [6.07, 6.45) is 0. The summed E-state index contributed by atoms with van der Waals surface area (Å²) >= 11 is 7.65. The molecule has 0 aliphatic carbocycles. The van der Waals surface area contributed by atoms with Crippen molar-refractivity contribution in [1.29, 1.82) is 0 Å². The lowest BCUT2D eigenvalue weighted by Gasteiger charge is -2.08. The SMILES string of the molecule is Clc1ccc(COc2ccc(CNCc3cccs3)cc2)cc1. The van der Waals surface area contributed by atoms with Crippen LogP contribution < -0.4 is 10.1 Å². The molecule has 1 aromatic heterocycles. The van der Waals surface area contributed by atoms with E-state index < -0.39 is 0 Å². The minimum absolute atomic E-state index is 0.549. The molecular weight excluding hydrogens is 326 g/mol. The molecule has 0 saturated carbocycles. The number of thiophene rings is 1. The number of rotatable bonds is 7. The van der Waals surface area contributed by atoms with E-state index in [1.165, 1.54) is 10.4 Å². The Morgan fingerprint density at radius 1 is 0.870 bits per heavy atom. The van der Waals surface area contributed by atoms with E-state index in [1.54, 1.807) is 11.3 Å². The average Bonchev–Trinajstić information content (AvgIpc) is 3.09. The lowest BCUT2D eigenvalue weighted by atomic mass is 10.2. The summed E-state index contributed by atoms with van der Waals surface area (Å²) < 4.78 is 5.79. The van der Waals surface area contributed by atoms with Crippen molar-refractivity contribution in [3.63, 3.8) is 0 Å². The largest absolute Gasteiger partial charge is 0.489 e. The van der Waals surface area contributed by atoms with Gasteiger partial charge in [0.05, 0.1) is 0 Å². The standard InChI is InChI=1S/C19H18ClNOS/c20-17-7-3-16(4-8-17)14-22-18-9-5-15(6-10-18)12-21-13-19-2-1-11-23-19/h1-11,21H,12-14H2. The van der Waals surface area contributed by atoms with Gasteiger partial charge in [-0.3, -0.25) is 0 Å². The maximum Gasteiger partial charge on any atom is 0.119 e. The zero-order valence-corrected chi connectivity index (χ0v) is 14.2. The second-order valence-electron chi connectivity index (χ2n) is 5.24. The van der Waals surface area contributed by atoms with Crippen LogP contribution in [0.5, 0.6) is 5.75 Å². The van der Waals surface area contributed by atoms with Gasteiger partial charge in [0.1, 0.15) is 12.4 Å². The topological polar surface area (TPSA) is 21.3 Å². The number of ether oxygens (including phenoxy) is 1. The first kappa shape index (κ1) is 16.1. The smallest absolute Gasteiger partial charge is 0.119 e. The van der Waals surface area contributed by atoms with Crippen LogP contribution in [0.2, 0.25) is 5.02 Å². The Bertz CT molecular complexity index is 708. The molecule has 23 heavy (non-hydrogen) atoms. The van der Waals surface area contributed by atoms with Gasteiger partial charge in [0.25, 0.3) is 0 Å². The number of halogens is 1. The van der Waals surface area contributed by atoms with E-state index in [2.05, 4.69) is 35.0 Å². The molecule has 4 heteroatoms. The van der Waals surface area contributed by atoms with Gasteiger partial charge in [-0.25, -0.2) is 0 Å². The second kappa shape index (κ2) is 8.16. The van der Waals surface area contributed by atoms with Crippen LogP contribution in [0.25, 0.3) is 0 Å². The van der Waals surface area contributed by atoms with E-state index in [0.717, 1.165) is 29.4 Å². The van der Waals surface area contributed by atoms with E-state index in [1.807, 2.05) is 36.4 Å². The fourth-order valence-electron chi connectivity index (χ4n) is 2.19. The van der Waals surface area contributed by atoms with Crippen LogP contribution in [0.4, 0.5) is 0 Å². The van der Waals surface area contributed by atoms with Gasteiger partial charge in [-0.05, 0) is 46.8 Å². The maximum absolute atomic E-state index is 5.87. The summed E-state index contributed by atoms with van der Waals surface area (Å²) in [7, 11) is 0. The second-order valence-corrected chi connectivity index (χ2v) is 6.71. The number of benzene rings is 2. The van der Waals surface area contributed by atoms with Crippen molar-refractivity contribution in [1.82, 2.24) is 5.32 Å². The lowest BCUT2D eigenvalue weighted by Crippen LogP contribution is -2.11. The lowest BCUT2D eigenvalue weighted by molar-refractivity contribution is 0.306. The predicted octanol–water partition coefficient (Wildman–Crippen LogP) is 5.27. The molecule has 2 nitrogen and oxygen atoms in total. The van der Waals surface area contributed by atoms with Gasteiger partial charge in [0.2, 0.25) is 0 Å². The van der Waals surface area contributed by atoms with E-state index >= 15 is 0 Å². The molecule has 1 N–H and O–H groups in total. The van der Waals surface area contributed by atoms with Gasteiger partial charge in [-0.2, -0.15) is 0 Å². The van der Waals surface area contributed by atoms with Crippen molar-refractivity contribution >= 4 is 22.9 Å². The molecule has 3 rings (SSSR count). The highest BCUT2D eigenvalue weighted by atomic mass is 35.5. The maximum atomic E-state index is 5.87. The Hall–Kier alpha value is -1.81. The Morgan fingerprint density at radius 3 is 2.30 bits per heavy atom. The normalized spacial score (nSPS) is 10.7. The molecule has 118 valence electrons. The summed E-state index contributed by atoms with van der Waals surface area (Å²) in [6, 6.07) is 20.1. The van der Waals surface area contributed by atoms with E-state index in [4.69, 9.17) is 16.3 Å². The van der Waals surface area contributed by atoms with Gasteiger partial charge >= 0.3 is 0 Å². The number of nitrogens with one attached hydrogen (secondary N) is 1. The van der Waals surface area contributed by atoms with Gasteiger partial charge in [-0.15, -0.1) is 11.3 Å². The Labute approximate surface area is 145 Å². The van der Waals surface area contributed by atoms with Crippen molar-refractivity contribution in [2.45, 2.75) is 19.7 Å². The first-order chi connectivity index (χ1) is 11.3. The van der Waals surface area contributed by atoms with Crippen LogP contribution in [0.3, 0.4) is 0 Å². The highest BCUT2D eigenvalue weighted by molar-refractivity contribution is 7.09. The minimum Gasteiger partial charge on any atom is -0.489 e. The molecule has 0 fully saturated rings. The Balaban J connectivity index is 1.45. The fourth-order valence-corrected chi connectivity index (χ4v) is 2.99. The number of hydrogen-bond donors (Lipinski definition) is 1. The molecule has 0 aliphatic rings. The average molecular weight is 344 g/mol. The highest BCUT2D eigenvalue weighted by Crippen LogP contribution is 2.16. The van der Waals surface area contributed by atoms with Crippen LogP contribution in [0.1, 0.15) is 16.0 Å². The summed E-state index contributed by atoms with van der Waals surface area (Å²) in [5.74, 6) is 0.877. The monoisotopic (exact) mass is 343 g/mol. The zero-order chi connectivity index (χ0) is 15.9. The van der Waals surface area contributed by atoms with Crippen LogP contribution in [0.15, 0.2) is 66.0 Å². The van der Waals surface area contributed by atoms with Crippen molar-refractivity contribution < 1.29 is 4.74 Å². The fraction of sp³-hybridized carbons (Fsp3) is 0.158. The van der Waals surface area contributed by atoms with Crippen molar-refractivity contribution in [3.05, 3.63) is 87.1 Å². The van der Waals surface area contributed by atoms with Gasteiger partial charge in [0.15, 0.2) is 0 Å². The first-order valence-electron chi connectivity index (χ1n) is 7.49. The molecule has 0 atom stereocenters. The van der Waals surface area contributed by atoms with E-state index in [9.17, 15) is 0 Å². The third-order valence-corrected chi connectivity index (χ3v) is 4.58. The molecule has 0 radical (unpaired) electrons. The van der Waals surface area contributed by atoms with Crippen molar-refractivity contribution in [2.75, 3.05) is 0 Å². The molecule has 0 saturated heterocycles.